The Balaban J connectivity index is 2.04. The van der Waals surface area contributed by atoms with Crippen LogP contribution in [0.25, 0.3) is 0 Å². The van der Waals surface area contributed by atoms with E-state index in [0.717, 1.165) is 24.1 Å². The molecule has 0 aliphatic rings. The topological polar surface area (TPSA) is 40.5 Å². The van der Waals surface area contributed by atoms with Crippen LogP contribution in [0.4, 0.5) is 5.69 Å². The molecule has 1 amide bonds. The Bertz CT molecular complexity index is 623. The summed E-state index contributed by atoms with van der Waals surface area (Å²) in [5.41, 5.74) is 2.02. The standard InChI is InChI=1S/C20H23NO2/c1-17(22)10-8-9-15-20(23)21(19-13-6-3-7-14-19)16-18-11-4-2-5-12-18/h2-7,11-14,22H,1,8-10,15-16H2. The Hall–Kier alpha value is -2.55. The molecule has 2 rings (SSSR count). The molecule has 0 saturated heterocycles. The molecule has 1 N–H and O–H groups in total. The van der Waals surface area contributed by atoms with Crippen molar-refractivity contribution in [3.05, 3.63) is 78.6 Å². The van der Waals surface area contributed by atoms with E-state index in [-0.39, 0.29) is 11.7 Å². The maximum atomic E-state index is 12.6. The smallest absolute Gasteiger partial charge is 0.227 e. The van der Waals surface area contributed by atoms with Crippen LogP contribution >= 0.6 is 0 Å². The summed E-state index contributed by atoms with van der Waals surface area (Å²) in [6.45, 7) is 4.04. The number of carbonyl (C=O) groups excluding carboxylic acids is 1. The number of nitrogens with zero attached hydrogens (tertiary/aromatic N) is 1. The van der Waals surface area contributed by atoms with Crippen molar-refractivity contribution in [3.8, 4) is 0 Å². The minimum atomic E-state index is 0.101. The summed E-state index contributed by atoms with van der Waals surface area (Å²) in [5.74, 6) is 0.283. The van der Waals surface area contributed by atoms with Gasteiger partial charge in [-0.05, 0) is 30.5 Å². The van der Waals surface area contributed by atoms with E-state index in [2.05, 4.69) is 6.58 Å². The lowest BCUT2D eigenvalue weighted by atomic mass is 10.1. The number of carbonyl (C=O) groups is 1. The molecule has 3 heteroatoms. The average Bonchev–Trinajstić information content (AvgIpc) is 2.58. The molecule has 0 fully saturated rings. The third kappa shape index (κ3) is 5.62. The molecular weight excluding hydrogens is 286 g/mol. The second kappa shape index (κ2) is 8.79. The van der Waals surface area contributed by atoms with Crippen LogP contribution in [0, 0.1) is 0 Å². The van der Waals surface area contributed by atoms with Crippen molar-refractivity contribution in [2.45, 2.75) is 32.2 Å². The number of allylic oxidation sites excluding steroid dienone is 1. The maximum absolute atomic E-state index is 12.6. The number of aliphatic hydroxyl groups is 1. The molecule has 0 aliphatic heterocycles. The molecule has 120 valence electrons. The summed E-state index contributed by atoms with van der Waals surface area (Å²) in [6, 6.07) is 19.7. The molecule has 3 nitrogen and oxygen atoms in total. The highest BCUT2D eigenvalue weighted by atomic mass is 16.3. The van der Waals surface area contributed by atoms with Crippen molar-refractivity contribution < 1.29 is 9.90 Å². The first-order valence-corrected chi connectivity index (χ1v) is 7.93. The highest BCUT2D eigenvalue weighted by Gasteiger charge is 2.15. The monoisotopic (exact) mass is 309 g/mol. The lowest BCUT2D eigenvalue weighted by molar-refractivity contribution is -0.118. The molecule has 0 atom stereocenters. The van der Waals surface area contributed by atoms with Gasteiger partial charge in [-0.1, -0.05) is 55.1 Å². The summed E-state index contributed by atoms with van der Waals surface area (Å²) < 4.78 is 0. The number of rotatable bonds is 8. The number of anilines is 1. The van der Waals surface area contributed by atoms with Gasteiger partial charge < -0.3 is 10.0 Å². The zero-order valence-electron chi connectivity index (χ0n) is 13.3. The van der Waals surface area contributed by atoms with Gasteiger partial charge in [0, 0.05) is 18.5 Å². The summed E-state index contributed by atoms with van der Waals surface area (Å²) in [4.78, 5) is 14.5. The summed E-state index contributed by atoms with van der Waals surface area (Å²) in [6.07, 6.45) is 2.54. The van der Waals surface area contributed by atoms with Crippen molar-refractivity contribution in [2.24, 2.45) is 0 Å². The molecule has 0 spiro atoms. The van der Waals surface area contributed by atoms with Gasteiger partial charge in [0.05, 0.1) is 12.3 Å². The number of amides is 1. The van der Waals surface area contributed by atoms with Crippen LogP contribution in [0.1, 0.15) is 31.2 Å². The second-order valence-corrected chi connectivity index (χ2v) is 5.57. The molecule has 0 heterocycles. The fraction of sp³-hybridized carbons (Fsp3) is 0.250. The van der Waals surface area contributed by atoms with Gasteiger partial charge in [0.25, 0.3) is 0 Å². The van der Waals surface area contributed by atoms with Gasteiger partial charge in [-0.25, -0.2) is 0 Å². The van der Waals surface area contributed by atoms with E-state index < -0.39 is 0 Å². The first-order chi connectivity index (χ1) is 11.2. The second-order valence-electron chi connectivity index (χ2n) is 5.57. The molecule has 0 unspecified atom stereocenters. The van der Waals surface area contributed by atoms with Crippen molar-refractivity contribution in [2.75, 3.05) is 4.90 Å². The third-order valence-electron chi connectivity index (χ3n) is 3.66. The first kappa shape index (κ1) is 16.8. The predicted molar refractivity (Wildman–Crippen MR) is 94.3 cm³/mol. The van der Waals surface area contributed by atoms with Gasteiger partial charge in [0.2, 0.25) is 5.91 Å². The Morgan fingerprint density at radius 1 is 0.913 bits per heavy atom. The number of benzene rings is 2. The highest BCUT2D eigenvalue weighted by molar-refractivity contribution is 5.93. The Kier molecular flexibility index (Phi) is 6.42. The summed E-state index contributed by atoms with van der Waals surface area (Å²) >= 11 is 0. The molecule has 0 radical (unpaired) electrons. The van der Waals surface area contributed by atoms with Crippen LogP contribution in [0.5, 0.6) is 0 Å². The minimum Gasteiger partial charge on any atom is -0.513 e. The van der Waals surface area contributed by atoms with Crippen LogP contribution in [-0.2, 0) is 11.3 Å². The van der Waals surface area contributed by atoms with Crippen molar-refractivity contribution in [1.29, 1.82) is 0 Å². The van der Waals surface area contributed by atoms with E-state index in [4.69, 9.17) is 5.11 Å². The van der Waals surface area contributed by atoms with Crippen LogP contribution < -0.4 is 4.90 Å². The van der Waals surface area contributed by atoms with Crippen molar-refractivity contribution in [1.82, 2.24) is 0 Å². The lowest BCUT2D eigenvalue weighted by Gasteiger charge is -2.23. The number of hydrogen-bond acceptors (Lipinski definition) is 2. The quantitative estimate of drug-likeness (QED) is 0.559. The maximum Gasteiger partial charge on any atom is 0.227 e. The Morgan fingerprint density at radius 3 is 2.09 bits per heavy atom. The van der Waals surface area contributed by atoms with Crippen LogP contribution in [0.15, 0.2) is 73.0 Å². The highest BCUT2D eigenvalue weighted by Crippen LogP contribution is 2.19. The Labute approximate surface area is 137 Å². The van der Waals surface area contributed by atoms with E-state index >= 15 is 0 Å². The molecule has 23 heavy (non-hydrogen) atoms. The largest absolute Gasteiger partial charge is 0.513 e. The zero-order chi connectivity index (χ0) is 16.5. The molecule has 2 aromatic rings. The third-order valence-corrected chi connectivity index (χ3v) is 3.66. The van der Waals surface area contributed by atoms with E-state index in [0.29, 0.717) is 19.4 Å². The normalized spacial score (nSPS) is 10.3. The number of hydrogen-bond donors (Lipinski definition) is 1. The summed E-state index contributed by atoms with van der Waals surface area (Å²) in [7, 11) is 0. The van der Waals surface area contributed by atoms with E-state index in [1.807, 2.05) is 65.6 Å². The summed E-state index contributed by atoms with van der Waals surface area (Å²) in [5, 5.41) is 9.11. The molecule has 0 bridgehead atoms. The zero-order valence-corrected chi connectivity index (χ0v) is 13.3. The van der Waals surface area contributed by atoms with Crippen molar-refractivity contribution in [3.63, 3.8) is 0 Å². The fourth-order valence-corrected chi connectivity index (χ4v) is 2.44. The van der Waals surface area contributed by atoms with Gasteiger partial charge in [-0.2, -0.15) is 0 Å². The number of unbranched alkanes of at least 4 members (excludes halogenated alkanes) is 1. The molecule has 0 aliphatic carbocycles. The van der Waals surface area contributed by atoms with Crippen LogP contribution in [0.3, 0.4) is 0 Å². The van der Waals surface area contributed by atoms with Gasteiger partial charge in [0.1, 0.15) is 0 Å². The number of aliphatic hydroxyl groups excluding tert-OH is 1. The molecular formula is C20H23NO2. The number of para-hydroxylation sites is 1. The van der Waals surface area contributed by atoms with Crippen molar-refractivity contribution >= 4 is 11.6 Å². The molecule has 0 aromatic heterocycles. The fourth-order valence-electron chi connectivity index (χ4n) is 2.44. The average molecular weight is 309 g/mol. The molecule has 2 aromatic carbocycles. The molecule has 0 saturated carbocycles. The van der Waals surface area contributed by atoms with E-state index in [1.165, 1.54) is 0 Å². The van der Waals surface area contributed by atoms with Gasteiger partial charge in [0.15, 0.2) is 0 Å². The van der Waals surface area contributed by atoms with E-state index in [9.17, 15) is 4.79 Å². The Morgan fingerprint density at radius 2 is 1.48 bits per heavy atom. The van der Waals surface area contributed by atoms with E-state index in [1.54, 1.807) is 0 Å². The predicted octanol–water partition coefficient (Wildman–Crippen LogP) is 4.85. The van der Waals surface area contributed by atoms with Gasteiger partial charge in [-0.3, -0.25) is 4.79 Å². The van der Waals surface area contributed by atoms with Gasteiger partial charge in [-0.15, -0.1) is 0 Å². The first-order valence-electron chi connectivity index (χ1n) is 7.93. The van der Waals surface area contributed by atoms with Crippen LogP contribution in [0.2, 0.25) is 0 Å². The SMILES string of the molecule is C=C(O)CCCCC(=O)N(Cc1ccccc1)c1ccccc1. The lowest BCUT2D eigenvalue weighted by Crippen LogP contribution is -2.30. The van der Waals surface area contributed by atoms with Crippen LogP contribution in [-0.4, -0.2) is 11.0 Å². The minimum absolute atomic E-state index is 0.101. The van der Waals surface area contributed by atoms with Gasteiger partial charge >= 0.3 is 0 Å².